The molecule has 1 atom stereocenters. The van der Waals surface area contributed by atoms with Crippen molar-refractivity contribution in [1.29, 1.82) is 0 Å². The fourth-order valence-electron chi connectivity index (χ4n) is 1.02. The van der Waals surface area contributed by atoms with E-state index in [0.717, 1.165) is 10.6 Å². The molecule has 0 saturated heterocycles. The summed E-state index contributed by atoms with van der Waals surface area (Å²) in [4.78, 5) is 11.2. The lowest BCUT2D eigenvalue weighted by Gasteiger charge is -2.08. The molecular weight excluding hydrogens is 218 g/mol. The van der Waals surface area contributed by atoms with Crippen LogP contribution in [-0.2, 0) is 0 Å². The number of nitro groups is 1. The van der Waals surface area contributed by atoms with Gasteiger partial charge in [0.05, 0.1) is 0 Å². The first kappa shape index (κ1) is 11.3. The van der Waals surface area contributed by atoms with Crippen molar-refractivity contribution < 1.29 is 4.92 Å². The van der Waals surface area contributed by atoms with Crippen LogP contribution < -0.4 is 0 Å². The van der Waals surface area contributed by atoms with Gasteiger partial charge in [-0.05, 0) is 11.4 Å². The highest BCUT2D eigenvalue weighted by molar-refractivity contribution is 7.99. The number of thioether (sulfide) groups is 1. The molecule has 1 unspecified atom stereocenters. The molecule has 3 nitrogen and oxygen atoms in total. The molecule has 0 bridgehead atoms. The predicted octanol–water partition coefficient (Wildman–Crippen LogP) is 2.99. The lowest BCUT2D eigenvalue weighted by atomic mass is 10.3. The van der Waals surface area contributed by atoms with E-state index in [4.69, 9.17) is 0 Å². The summed E-state index contributed by atoms with van der Waals surface area (Å²) in [5.74, 6) is 0.746. The van der Waals surface area contributed by atoms with Crippen molar-refractivity contribution in [3.05, 3.63) is 45.2 Å². The first-order valence-corrected chi connectivity index (χ1v) is 6.04. The van der Waals surface area contributed by atoms with E-state index in [1.807, 2.05) is 17.5 Å². The Balaban J connectivity index is 2.61. The van der Waals surface area contributed by atoms with Gasteiger partial charge >= 0.3 is 0 Å². The van der Waals surface area contributed by atoms with Crippen LogP contribution in [0.5, 0.6) is 0 Å². The molecule has 1 heterocycles. The molecule has 0 radical (unpaired) electrons. The molecule has 1 aromatic heterocycles. The quantitative estimate of drug-likeness (QED) is 0.428. The highest BCUT2D eigenvalue weighted by Crippen LogP contribution is 2.31. The highest BCUT2D eigenvalue weighted by Gasteiger charge is 2.18. The molecule has 0 amide bonds. The fraction of sp³-hybridized carbons (Fsp3) is 0.333. The Hall–Kier alpha value is -0.810. The number of hydrogen-bond donors (Lipinski definition) is 0. The van der Waals surface area contributed by atoms with Crippen LogP contribution in [0, 0.1) is 10.1 Å². The van der Waals surface area contributed by atoms with E-state index in [1.165, 1.54) is 0 Å². The van der Waals surface area contributed by atoms with Gasteiger partial charge in [-0.25, -0.2) is 0 Å². The summed E-state index contributed by atoms with van der Waals surface area (Å²) in [6.45, 7) is 3.59. The Morgan fingerprint density at radius 3 is 3.07 bits per heavy atom. The second kappa shape index (κ2) is 5.82. The Bertz CT molecular complexity index is 298. The maximum Gasteiger partial charge on any atom is 0.220 e. The summed E-state index contributed by atoms with van der Waals surface area (Å²) in [5, 5.41) is 12.3. The summed E-state index contributed by atoms with van der Waals surface area (Å²) < 4.78 is 0. The summed E-state index contributed by atoms with van der Waals surface area (Å²) >= 11 is 3.12. The maximum atomic E-state index is 10.4. The zero-order valence-electron chi connectivity index (χ0n) is 7.59. The van der Waals surface area contributed by atoms with Crippen molar-refractivity contribution >= 4 is 23.1 Å². The minimum atomic E-state index is -0.263. The highest BCUT2D eigenvalue weighted by atomic mass is 32.2. The average molecular weight is 229 g/mol. The van der Waals surface area contributed by atoms with E-state index in [-0.39, 0.29) is 16.7 Å². The molecule has 1 rings (SSSR count). The van der Waals surface area contributed by atoms with Crippen LogP contribution in [0.2, 0.25) is 0 Å². The molecule has 76 valence electrons. The number of rotatable bonds is 6. The van der Waals surface area contributed by atoms with Crippen molar-refractivity contribution in [2.45, 2.75) is 5.25 Å². The van der Waals surface area contributed by atoms with Gasteiger partial charge in [0.1, 0.15) is 5.25 Å². The van der Waals surface area contributed by atoms with Crippen LogP contribution in [0.1, 0.15) is 10.1 Å². The number of thiophene rings is 1. The van der Waals surface area contributed by atoms with Gasteiger partial charge in [0, 0.05) is 15.6 Å². The Morgan fingerprint density at radius 2 is 2.57 bits per heavy atom. The topological polar surface area (TPSA) is 43.1 Å². The Morgan fingerprint density at radius 1 is 1.79 bits per heavy atom. The molecule has 0 aromatic carbocycles. The van der Waals surface area contributed by atoms with Crippen LogP contribution in [0.4, 0.5) is 0 Å². The minimum Gasteiger partial charge on any atom is -0.264 e. The second-order valence-corrected chi connectivity index (χ2v) is 4.86. The van der Waals surface area contributed by atoms with E-state index in [0.29, 0.717) is 0 Å². The molecule has 0 fully saturated rings. The van der Waals surface area contributed by atoms with E-state index in [1.54, 1.807) is 29.2 Å². The van der Waals surface area contributed by atoms with Crippen LogP contribution in [0.25, 0.3) is 0 Å². The van der Waals surface area contributed by atoms with Gasteiger partial charge in [-0.3, -0.25) is 10.1 Å². The van der Waals surface area contributed by atoms with Gasteiger partial charge in [0.25, 0.3) is 0 Å². The average Bonchev–Trinajstić information content (AvgIpc) is 2.64. The van der Waals surface area contributed by atoms with Gasteiger partial charge in [-0.1, -0.05) is 12.1 Å². The van der Waals surface area contributed by atoms with Gasteiger partial charge in [0.15, 0.2) is 0 Å². The van der Waals surface area contributed by atoms with Gasteiger partial charge < -0.3 is 0 Å². The van der Waals surface area contributed by atoms with Crippen molar-refractivity contribution in [2.75, 3.05) is 12.3 Å². The first-order valence-electron chi connectivity index (χ1n) is 4.11. The third-order valence-electron chi connectivity index (χ3n) is 1.59. The molecule has 1 aromatic rings. The van der Waals surface area contributed by atoms with E-state index in [9.17, 15) is 10.1 Å². The lowest BCUT2D eigenvalue weighted by Crippen LogP contribution is -2.08. The molecule has 0 aliphatic heterocycles. The van der Waals surface area contributed by atoms with Crippen molar-refractivity contribution in [3.63, 3.8) is 0 Å². The van der Waals surface area contributed by atoms with Crippen molar-refractivity contribution in [3.8, 4) is 0 Å². The molecule has 0 aliphatic rings. The number of nitrogens with zero attached hydrogens (tertiary/aromatic N) is 1. The standard InChI is InChI=1S/C9H11NO2S2/c1-2-5-13-9(7-10(11)12)8-4-3-6-14-8/h2-4,6,9H,1,5,7H2. The van der Waals surface area contributed by atoms with Gasteiger partial charge in [-0.2, -0.15) is 0 Å². The molecule has 0 saturated carbocycles. The van der Waals surface area contributed by atoms with Gasteiger partial charge in [0.2, 0.25) is 6.54 Å². The summed E-state index contributed by atoms with van der Waals surface area (Å²) in [5.41, 5.74) is 0. The SMILES string of the molecule is C=CCSC(C[N+](=O)[O-])c1cccs1. The summed E-state index contributed by atoms with van der Waals surface area (Å²) in [6, 6.07) is 3.86. The smallest absolute Gasteiger partial charge is 0.220 e. The third-order valence-corrected chi connectivity index (χ3v) is 3.96. The summed E-state index contributed by atoms with van der Waals surface area (Å²) in [7, 11) is 0. The first-order chi connectivity index (χ1) is 6.74. The Kier molecular flexibility index (Phi) is 4.69. The second-order valence-electron chi connectivity index (χ2n) is 2.64. The van der Waals surface area contributed by atoms with E-state index in [2.05, 4.69) is 6.58 Å². The van der Waals surface area contributed by atoms with E-state index >= 15 is 0 Å². The minimum absolute atomic E-state index is 0.0149. The maximum absolute atomic E-state index is 10.4. The molecular formula is C9H11NO2S2. The van der Waals surface area contributed by atoms with Crippen molar-refractivity contribution in [1.82, 2.24) is 0 Å². The summed E-state index contributed by atoms with van der Waals surface area (Å²) in [6.07, 6.45) is 1.77. The third kappa shape index (κ3) is 3.51. The number of hydrogen-bond acceptors (Lipinski definition) is 4. The fourth-order valence-corrected chi connectivity index (χ4v) is 2.93. The van der Waals surface area contributed by atoms with Crippen LogP contribution in [0.3, 0.4) is 0 Å². The zero-order valence-corrected chi connectivity index (χ0v) is 9.22. The molecule has 14 heavy (non-hydrogen) atoms. The zero-order chi connectivity index (χ0) is 10.4. The predicted molar refractivity (Wildman–Crippen MR) is 61.6 cm³/mol. The molecule has 0 N–H and O–H groups in total. The van der Waals surface area contributed by atoms with Crippen LogP contribution in [0.15, 0.2) is 30.2 Å². The van der Waals surface area contributed by atoms with E-state index < -0.39 is 0 Å². The molecule has 5 heteroatoms. The van der Waals surface area contributed by atoms with Crippen LogP contribution >= 0.6 is 23.1 Å². The normalized spacial score (nSPS) is 12.3. The molecule has 0 spiro atoms. The largest absolute Gasteiger partial charge is 0.264 e. The Labute approximate surface area is 91.0 Å². The van der Waals surface area contributed by atoms with Crippen LogP contribution in [-0.4, -0.2) is 17.2 Å². The van der Waals surface area contributed by atoms with Gasteiger partial charge in [-0.15, -0.1) is 29.7 Å². The van der Waals surface area contributed by atoms with Crippen molar-refractivity contribution in [2.24, 2.45) is 0 Å². The lowest BCUT2D eigenvalue weighted by molar-refractivity contribution is -0.479. The monoisotopic (exact) mass is 229 g/mol. The molecule has 0 aliphatic carbocycles.